The molecule has 0 bridgehead atoms. The van der Waals surface area contributed by atoms with E-state index in [4.69, 9.17) is 5.11 Å². The quantitative estimate of drug-likeness (QED) is 0.796. The summed E-state index contributed by atoms with van der Waals surface area (Å²) >= 11 is 0. The van der Waals surface area contributed by atoms with Gasteiger partial charge >= 0.3 is 5.97 Å². The average molecular weight is 253 g/mol. The number of carbonyl (C=O) groups is 2. The third kappa shape index (κ3) is 3.32. The van der Waals surface area contributed by atoms with Gasteiger partial charge in [-0.2, -0.15) is 5.10 Å². The lowest BCUT2D eigenvalue weighted by Crippen LogP contribution is -2.34. The molecule has 0 spiro atoms. The predicted octanol–water partition coefficient (Wildman–Crippen LogP) is 0.416. The van der Waals surface area contributed by atoms with Gasteiger partial charge in [0.1, 0.15) is 6.54 Å². The molecule has 1 aromatic rings. The van der Waals surface area contributed by atoms with Crippen molar-refractivity contribution in [3.05, 3.63) is 17.0 Å². The molecule has 100 valence electrons. The first-order valence-electron chi connectivity index (χ1n) is 5.81. The second-order valence-corrected chi connectivity index (χ2v) is 4.49. The van der Waals surface area contributed by atoms with E-state index in [0.29, 0.717) is 6.42 Å². The maximum absolute atomic E-state index is 11.7. The van der Waals surface area contributed by atoms with E-state index in [-0.39, 0.29) is 18.4 Å². The van der Waals surface area contributed by atoms with Crippen molar-refractivity contribution in [1.82, 2.24) is 15.1 Å². The van der Waals surface area contributed by atoms with Crippen molar-refractivity contribution in [2.75, 3.05) is 6.54 Å². The fraction of sp³-hybridized carbons (Fsp3) is 0.583. The van der Waals surface area contributed by atoms with Gasteiger partial charge in [-0.25, -0.2) is 0 Å². The van der Waals surface area contributed by atoms with Gasteiger partial charge in [-0.1, -0.05) is 6.92 Å². The first-order chi connectivity index (χ1) is 8.32. The van der Waals surface area contributed by atoms with Crippen LogP contribution in [0.3, 0.4) is 0 Å². The Balaban J connectivity index is 2.66. The van der Waals surface area contributed by atoms with Crippen LogP contribution in [0.5, 0.6) is 0 Å². The third-order valence-corrected chi connectivity index (χ3v) is 3.03. The minimum absolute atomic E-state index is 0.250. The van der Waals surface area contributed by atoms with E-state index in [0.717, 1.165) is 17.0 Å². The van der Waals surface area contributed by atoms with E-state index in [9.17, 15) is 9.59 Å². The number of rotatable bonds is 5. The Hall–Kier alpha value is -1.85. The van der Waals surface area contributed by atoms with Crippen LogP contribution in [0.25, 0.3) is 0 Å². The molecule has 1 atom stereocenters. The van der Waals surface area contributed by atoms with E-state index >= 15 is 0 Å². The van der Waals surface area contributed by atoms with Gasteiger partial charge in [-0.05, 0) is 25.8 Å². The van der Waals surface area contributed by atoms with Crippen LogP contribution >= 0.6 is 0 Å². The fourth-order valence-electron chi connectivity index (χ4n) is 1.85. The van der Waals surface area contributed by atoms with Crippen molar-refractivity contribution >= 4 is 11.9 Å². The van der Waals surface area contributed by atoms with Crippen LogP contribution in [0.1, 0.15) is 23.9 Å². The van der Waals surface area contributed by atoms with Crippen LogP contribution in [0.4, 0.5) is 0 Å². The molecule has 0 aliphatic carbocycles. The minimum atomic E-state index is -1.04. The van der Waals surface area contributed by atoms with Gasteiger partial charge in [0.05, 0.1) is 5.69 Å². The molecule has 0 aromatic carbocycles. The summed E-state index contributed by atoms with van der Waals surface area (Å²) in [6, 6.07) is 0. The first kappa shape index (κ1) is 14.2. The summed E-state index contributed by atoms with van der Waals surface area (Å²) in [7, 11) is 1.86. The van der Waals surface area contributed by atoms with Gasteiger partial charge < -0.3 is 10.4 Å². The summed E-state index contributed by atoms with van der Waals surface area (Å²) in [6.07, 6.45) is 0.566. The second-order valence-electron chi connectivity index (χ2n) is 4.49. The van der Waals surface area contributed by atoms with Gasteiger partial charge in [0.15, 0.2) is 0 Å². The van der Waals surface area contributed by atoms with E-state index in [1.54, 1.807) is 11.6 Å². The van der Waals surface area contributed by atoms with Crippen molar-refractivity contribution in [2.24, 2.45) is 13.0 Å². The smallest absolute Gasteiger partial charge is 0.322 e. The van der Waals surface area contributed by atoms with Gasteiger partial charge in [-0.15, -0.1) is 0 Å². The molecule has 1 heterocycles. The van der Waals surface area contributed by atoms with Crippen LogP contribution in [-0.4, -0.2) is 33.3 Å². The summed E-state index contributed by atoms with van der Waals surface area (Å²) in [5, 5.41) is 15.2. The lowest BCUT2D eigenvalue weighted by atomic mass is 9.99. The highest BCUT2D eigenvalue weighted by Gasteiger charge is 2.18. The SMILES string of the molecule is Cc1nn(C)c(C)c1CC(C)C(=O)NCC(=O)O. The second kappa shape index (κ2) is 5.66. The van der Waals surface area contributed by atoms with Crippen molar-refractivity contribution < 1.29 is 14.7 Å². The largest absolute Gasteiger partial charge is 0.480 e. The Labute approximate surface area is 106 Å². The number of carboxylic acid groups (broad SMARTS) is 1. The van der Waals surface area contributed by atoms with E-state index < -0.39 is 5.97 Å². The van der Waals surface area contributed by atoms with Gasteiger partial charge in [0.25, 0.3) is 0 Å². The normalized spacial score (nSPS) is 12.2. The molecule has 0 saturated carbocycles. The molecule has 18 heavy (non-hydrogen) atoms. The number of nitrogens with one attached hydrogen (secondary N) is 1. The lowest BCUT2D eigenvalue weighted by Gasteiger charge is -2.11. The molecule has 0 fully saturated rings. The molecule has 1 rings (SSSR count). The number of amides is 1. The molecule has 6 nitrogen and oxygen atoms in total. The van der Waals surface area contributed by atoms with Crippen LogP contribution in [0.2, 0.25) is 0 Å². The zero-order valence-corrected chi connectivity index (χ0v) is 11.1. The molecule has 1 amide bonds. The third-order valence-electron chi connectivity index (χ3n) is 3.03. The zero-order chi connectivity index (χ0) is 13.9. The Morgan fingerprint density at radius 2 is 2.06 bits per heavy atom. The number of hydrogen-bond acceptors (Lipinski definition) is 3. The summed E-state index contributed by atoms with van der Waals surface area (Å²) in [6.45, 7) is 5.30. The molecular weight excluding hydrogens is 234 g/mol. The van der Waals surface area contributed by atoms with Crippen LogP contribution in [0.15, 0.2) is 0 Å². The van der Waals surface area contributed by atoms with Gasteiger partial charge in [0, 0.05) is 18.7 Å². The highest BCUT2D eigenvalue weighted by Crippen LogP contribution is 2.16. The Morgan fingerprint density at radius 3 is 2.50 bits per heavy atom. The molecule has 1 aromatic heterocycles. The molecule has 6 heteroatoms. The molecular formula is C12H19N3O3. The molecule has 2 N–H and O–H groups in total. The maximum Gasteiger partial charge on any atom is 0.322 e. The zero-order valence-electron chi connectivity index (χ0n) is 11.1. The summed E-state index contributed by atoms with van der Waals surface area (Å²) in [5.41, 5.74) is 2.99. The van der Waals surface area contributed by atoms with Crippen molar-refractivity contribution in [3.63, 3.8) is 0 Å². The topological polar surface area (TPSA) is 84.2 Å². The number of nitrogens with zero attached hydrogens (tertiary/aromatic N) is 2. The monoisotopic (exact) mass is 253 g/mol. The molecule has 0 radical (unpaired) electrons. The van der Waals surface area contributed by atoms with Crippen LogP contribution in [0, 0.1) is 19.8 Å². The van der Waals surface area contributed by atoms with Crippen LogP contribution < -0.4 is 5.32 Å². The maximum atomic E-state index is 11.7. The fourth-order valence-corrected chi connectivity index (χ4v) is 1.85. The Kier molecular flexibility index (Phi) is 4.47. The standard InChI is InChI=1S/C12H19N3O3/c1-7(12(18)13-6-11(16)17)5-10-8(2)14-15(4)9(10)3/h7H,5-6H2,1-4H3,(H,13,18)(H,16,17). The molecule has 0 aliphatic rings. The first-order valence-corrected chi connectivity index (χ1v) is 5.81. The average Bonchev–Trinajstić information content (AvgIpc) is 2.52. The Morgan fingerprint density at radius 1 is 1.44 bits per heavy atom. The Bertz CT molecular complexity index is 465. The number of carbonyl (C=O) groups excluding carboxylic acids is 1. The number of aliphatic carboxylic acids is 1. The molecule has 1 unspecified atom stereocenters. The van der Waals surface area contributed by atoms with E-state index in [1.807, 2.05) is 20.9 Å². The minimum Gasteiger partial charge on any atom is -0.480 e. The molecule has 0 saturated heterocycles. The van der Waals surface area contributed by atoms with E-state index in [2.05, 4.69) is 10.4 Å². The number of carboxylic acids is 1. The highest BCUT2D eigenvalue weighted by molar-refractivity contribution is 5.82. The number of aromatic nitrogens is 2. The van der Waals surface area contributed by atoms with E-state index in [1.165, 1.54) is 0 Å². The highest BCUT2D eigenvalue weighted by atomic mass is 16.4. The number of aryl methyl sites for hydroxylation is 2. The van der Waals surface area contributed by atoms with Gasteiger partial charge in [-0.3, -0.25) is 14.3 Å². The van der Waals surface area contributed by atoms with Crippen molar-refractivity contribution in [3.8, 4) is 0 Å². The van der Waals surface area contributed by atoms with Crippen molar-refractivity contribution in [1.29, 1.82) is 0 Å². The predicted molar refractivity (Wildman–Crippen MR) is 66.2 cm³/mol. The summed E-state index contributed by atoms with van der Waals surface area (Å²) < 4.78 is 1.78. The van der Waals surface area contributed by atoms with Gasteiger partial charge in [0.2, 0.25) is 5.91 Å². The number of hydrogen-bond donors (Lipinski definition) is 2. The van der Waals surface area contributed by atoms with Crippen molar-refractivity contribution in [2.45, 2.75) is 27.2 Å². The van der Waals surface area contributed by atoms with Crippen LogP contribution in [-0.2, 0) is 23.1 Å². The summed E-state index contributed by atoms with van der Waals surface area (Å²) in [4.78, 5) is 22.0. The molecule has 0 aliphatic heterocycles. The lowest BCUT2D eigenvalue weighted by molar-refractivity contribution is -0.138. The summed E-state index contributed by atoms with van der Waals surface area (Å²) in [5.74, 6) is -1.56.